The average Bonchev–Trinajstić information content (AvgIpc) is 3.38. The van der Waals surface area contributed by atoms with E-state index in [1.165, 1.54) is 4.31 Å². The number of likely N-dealkylation sites (tertiary alicyclic amines) is 1. The first-order chi connectivity index (χ1) is 16.4. The Morgan fingerprint density at radius 2 is 1.65 bits per heavy atom. The lowest BCUT2D eigenvalue weighted by molar-refractivity contribution is -0.138. The van der Waals surface area contributed by atoms with Gasteiger partial charge in [0, 0.05) is 32.2 Å². The summed E-state index contributed by atoms with van der Waals surface area (Å²) in [5, 5.41) is 0. The fraction of sp³-hybridized carbons (Fsp3) is 0.480. The van der Waals surface area contributed by atoms with Gasteiger partial charge in [0.15, 0.2) is 11.5 Å². The Kier molecular flexibility index (Phi) is 6.50. The first kappa shape index (κ1) is 23.1. The second-order valence-electron chi connectivity index (χ2n) is 9.02. The molecule has 182 valence electrons. The lowest BCUT2D eigenvalue weighted by atomic mass is 10.0. The Bertz CT molecular complexity index is 1130. The predicted molar refractivity (Wildman–Crippen MR) is 127 cm³/mol. The van der Waals surface area contributed by atoms with Gasteiger partial charge in [0.05, 0.1) is 10.9 Å². The topological polar surface area (TPSA) is 79.4 Å². The van der Waals surface area contributed by atoms with Gasteiger partial charge in [-0.1, -0.05) is 24.3 Å². The molecular weight excluding hydrogens is 454 g/mol. The zero-order valence-corrected chi connectivity index (χ0v) is 20.2. The minimum atomic E-state index is -3.54. The number of hydrogen-bond acceptors (Lipinski definition) is 6. The highest BCUT2D eigenvalue weighted by atomic mass is 32.2. The summed E-state index contributed by atoms with van der Waals surface area (Å²) >= 11 is 0. The summed E-state index contributed by atoms with van der Waals surface area (Å²) in [6.45, 7) is 5.34. The summed E-state index contributed by atoms with van der Waals surface area (Å²) in [5.41, 5.74) is 1.14. The molecule has 8 nitrogen and oxygen atoms in total. The van der Waals surface area contributed by atoms with Crippen LogP contribution in [0.15, 0.2) is 53.4 Å². The van der Waals surface area contributed by atoms with Crippen LogP contribution in [0.1, 0.15) is 31.4 Å². The largest absolute Gasteiger partial charge is 0.486 e. The van der Waals surface area contributed by atoms with Crippen molar-refractivity contribution < 1.29 is 22.7 Å². The monoisotopic (exact) mass is 485 g/mol. The van der Waals surface area contributed by atoms with Crippen LogP contribution in [0.25, 0.3) is 0 Å². The number of piperazine rings is 1. The molecule has 9 heteroatoms. The quantitative estimate of drug-likeness (QED) is 0.648. The second kappa shape index (κ2) is 9.56. The van der Waals surface area contributed by atoms with E-state index in [9.17, 15) is 13.2 Å². The van der Waals surface area contributed by atoms with Gasteiger partial charge in [-0.2, -0.15) is 4.31 Å². The van der Waals surface area contributed by atoms with E-state index < -0.39 is 10.0 Å². The van der Waals surface area contributed by atoms with Gasteiger partial charge in [0.25, 0.3) is 0 Å². The average molecular weight is 486 g/mol. The molecule has 2 atom stereocenters. The zero-order chi connectivity index (χ0) is 23.7. The van der Waals surface area contributed by atoms with Crippen LogP contribution in [0.3, 0.4) is 0 Å². The summed E-state index contributed by atoms with van der Waals surface area (Å²) in [6.07, 6.45) is 2.01. The molecule has 3 aliphatic heterocycles. The number of benzene rings is 2. The molecule has 0 N–H and O–H groups in total. The van der Waals surface area contributed by atoms with E-state index in [1.807, 2.05) is 19.1 Å². The third-order valence-electron chi connectivity index (χ3n) is 7.03. The smallest absolute Gasteiger partial charge is 0.243 e. The minimum absolute atomic E-state index is 0.0567. The fourth-order valence-corrected chi connectivity index (χ4v) is 6.62. The van der Waals surface area contributed by atoms with Gasteiger partial charge in [-0.15, -0.1) is 0 Å². The van der Waals surface area contributed by atoms with Gasteiger partial charge in [0.1, 0.15) is 13.2 Å². The van der Waals surface area contributed by atoms with E-state index in [0.717, 1.165) is 36.4 Å². The van der Waals surface area contributed by atoms with Crippen molar-refractivity contribution in [3.8, 4) is 11.5 Å². The number of hydrogen-bond donors (Lipinski definition) is 0. The Hall–Kier alpha value is -2.62. The van der Waals surface area contributed by atoms with Crippen molar-refractivity contribution in [3.63, 3.8) is 0 Å². The van der Waals surface area contributed by atoms with Crippen molar-refractivity contribution in [1.82, 2.24) is 14.1 Å². The number of carbonyl (C=O) groups is 1. The maximum atomic E-state index is 13.4. The molecule has 0 radical (unpaired) electrons. The first-order valence-corrected chi connectivity index (χ1v) is 13.4. The SMILES string of the molecule is C[C@@H](C(=O)N1CCN(S(=O)(=O)c2ccccc2)CC1)N1CCC[C@H]1c1ccc2c(c1)OCCO2. The van der Waals surface area contributed by atoms with Crippen LogP contribution in [0.4, 0.5) is 0 Å². The van der Waals surface area contributed by atoms with Crippen molar-refractivity contribution in [2.24, 2.45) is 0 Å². The molecule has 2 fully saturated rings. The van der Waals surface area contributed by atoms with Crippen molar-refractivity contribution >= 4 is 15.9 Å². The van der Waals surface area contributed by atoms with Crippen LogP contribution in [0.5, 0.6) is 11.5 Å². The predicted octanol–water partition coefficient (Wildman–Crippen LogP) is 2.52. The maximum absolute atomic E-state index is 13.4. The Morgan fingerprint density at radius 1 is 0.941 bits per heavy atom. The standard InChI is InChI=1S/C25H31N3O5S/c1-19(28-11-5-8-22(28)20-9-10-23-24(18-20)33-17-16-32-23)25(29)26-12-14-27(15-13-26)34(30,31)21-6-3-2-4-7-21/h2-4,6-7,9-10,18-19,22H,5,8,11-17H2,1H3/t19-,22-/m0/s1. The summed E-state index contributed by atoms with van der Waals surface area (Å²) in [6, 6.07) is 14.4. The second-order valence-corrected chi connectivity index (χ2v) is 11.0. The summed E-state index contributed by atoms with van der Waals surface area (Å²) in [4.78, 5) is 17.8. The molecule has 5 rings (SSSR count). The van der Waals surface area contributed by atoms with Crippen LogP contribution >= 0.6 is 0 Å². The third-order valence-corrected chi connectivity index (χ3v) is 8.94. The van der Waals surface area contributed by atoms with E-state index in [0.29, 0.717) is 44.3 Å². The molecule has 1 amide bonds. The molecule has 0 saturated carbocycles. The molecule has 0 aliphatic carbocycles. The molecule has 2 aromatic carbocycles. The summed E-state index contributed by atoms with van der Waals surface area (Å²) in [7, 11) is -3.54. The summed E-state index contributed by atoms with van der Waals surface area (Å²) in [5.74, 6) is 1.60. The number of carbonyl (C=O) groups excluding carboxylic acids is 1. The van der Waals surface area contributed by atoms with Gasteiger partial charge in [-0.05, 0) is 56.1 Å². The van der Waals surface area contributed by atoms with E-state index >= 15 is 0 Å². The van der Waals surface area contributed by atoms with Crippen molar-refractivity contribution in [3.05, 3.63) is 54.1 Å². The molecule has 34 heavy (non-hydrogen) atoms. The van der Waals surface area contributed by atoms with Crippen LogP contribution in [0.2, 0.25) is 0 Å². The van der Waals surface area contributed by atoms with E-state index in [-0.39, 0.29) is 18.0 Å². The molecule has 2 aromatic rings. The van der Waals surface area contributed by atoms with Gasteiger partial charge in [-0.3, -0.25) is 9.69 Å². The maximum Gasteiger partial charge on any atom is 0.243 e. The Balaban J connectivity index is 1.24. The zero-order valence-electron chi connectivity index (χ0n) is 19.4. The number of sulfonamides is 1. The Labute approximate surface area is 201 Å². The molecule has 3 aliphatic rings. The van der Waals surface area contributed by atoms with E-state index in [1.54, 1.807) is 35.2 Å². The lowest BCUT2D eigenvalue weighted by Gasteiger charge is -2.38. The van der Waals surface area contributed by atoms with E-state index in [4.69, 9.17) is 9.47 Å². The van der Waals surface area contributed by atoms with Crippen molar-refractivity contribution in [2.45, 2.75) is 36.7 Å². The Morgan fingerprint density at radius 3 is 2.38 bits per heavy atom. The number of ether oxygens (including phenoxy) is 2. The van der Waals surface area contributed by atoms with Gasteiger partial charge in [-0.25, -0.2) is 8.42 Å². The summed E-state index contributed by atoms with van der Waals surface area (Å²) < 4.78 is 38.7. The highest BCUT2D eigenvalue weighted by Crippen LogP contribution is 2.39. The lowest BCUT2D eigenvalue weighted by Crippen LogP contribution is -2.55. The van der Waals surface area contributed by atoms with Gasteiger partial charge < -0.3 is 14.4 Å². The third kappa shape index (κ3) is 4.39. The van der Waals surface area contributed by atoms with Gasteiger partial charge >= 0.3 is 0 Å². The number of amides is 1. The van der Waals surface area contributed by atoms with Crippen LogP contribution in [-0.4, -0.2) is 80.4 Å². The van der Waals surface area contributed by atoms with Crippen LogP contribution in [0, 0.1) is 0 Å². The highest BCUT2D eigenvalue weighted by molar-refractivity contribution is 7.89. The molecular formula is C25H31N3O5S. The molecule has 0 unspecified atom stereocenters. The van der Waals surface area contributed by atoms with Crippen molar-refractivity contribution in [1.29, 1.82) is 0 Å². The number of nitrogens with zero attached hydrogens (tertiary/aromatic N) is 3. The van der Waals surface area contributed by atoms with Crippen LogP contribution < -0.4 is 9.47 Å². The normalized spacial score (nSPS) is 22.5. The molecule has 0 bridgehead atoms. The molecule has 2 saturated heterocycles. The first-order valence-electron chi connectivity index (χ1n) is 11.9. The minimum Gasteiger partial charge on any atom is -0.486 e. The molecule has 0 spiro atoms. The van der Waals surface area contributed by atoms with E-state index in [2.05, 4.69) is 11.0 Å². The molecule has 3 heterocycles. The fourth-order valence-electron chi connectivity index (χ4n) is 5.17. The highest BCUT2D eigenvalue weighted by Gasteiger charge is 2.37. The van der Waals surface area contributed by atoms with Crippen LogP contribution in [-0.2, 0) is 14.8 Å². The number of fused-ring (bicyclic) bond motifs is 1. The van der Waals surface area contributed by atoms with Gasteiger partial charge in [0.2, 0.25) is 15.9 Å². The van der Waals surface area contributed by atoms with Crippen molar-refractivity contribution in [2.75, 3.05) is 45.9 Å². The number of rotatable bonds is 5. The molecule has 0 aromatic heterocycles.